The van der Waals surface area contributed by atoms with Crippen molar-refractivity contribution < 1.29 is 8.42 Å². The molecule has 6 fully saturated rings. The zero-order chi connectivity index (χ0) is 11.2. The molecule has 17 heavy (non-hydrogen) atoms. The molecule has 0 aromatic carbocycles. The van der Waals surface area contributed by atoms with Crippen molar-refractivity contribution in [3.05, 3.63) is 0 Å². The molecule has 1 spiro atoms. The predicted octanol–water partition coefficient (Wildman–Crippen LogP) is 1.47. The van der Waals surface area contributed by atoms with Crippen molar-refractivity contribution >= 4 is 33.4 Å². The molecule has 2 saturated heterocycles. The molecule has 2 nitrogen and oxygen atoms in total. The molecule has 92 valence electrons. The van der Waals surface area contributed by atoms with Crippen molar-refractivity contribution in [1.82, 2.24) is 0 Å². The second-order valence-electron chi connectivity index (χ2n) is 6.71. The van der Waals surface area contributed by atoms with Gasteiger partial charge in [0.25, 0.3) is 0 Å². The van der Waals surface area contributed by atoms with Gasteiger partial charge in [0, 0.05) is 23.3 Å². The Labute approximate surface area is 110 Å². The predicted molar refractivity (Wildman–Crippen MR) is 69.7 cm³/mol. The van der Waals surface area contributed by atoms with Gasteiger partial charge >= 0.3 is 0 Å². The van der Waals surface area contributed by atoms with Gasteiger partial charge < -0.3 is 0 Å². The topological polar surface area (TPSA) is 34.1 Å². The summed E-state index contributed by atoms with van der Waals surface area (Å²) in [4.78, 5) is 0. The molecule has 2 bridgehead atoms. The van der Waals surface area contributed by atoms with E-state index in [1.165, 1.54) is 17.9 Å². The summed E-state index contributed by atoms with van der Waals surface area (Å²) in [5.74, 6) is 6.42. The summed E-state index contributed by atoms with van der Waals surface area (Å²) in [6.45, 7) is 0. The lowest BCUT2D eigenvalue weighted by Crippen LogP contribution is -2.57. The van der Waals surface area contributed by atoms with Crippen LogP contribution in [0, 0.1) is 35.5 Å². The lowest BCUT2D eigenvalue weighted by molar-refractivity contribution is 0.102. The smallest absolute Gasteiger partial charge is 0.157 e. The summed E-state index contributed by atoms with van der Waals surface area (Å²) in [6.07, 6.45) is 1.26. The number of thioether (sulfide) groups is 2. The first-order valence-electron chi connectivity index (χ1n) is 6.68. The number of hydrogen-bond donors (Lipinski definition) is 0. The lowest BCUT2D eigenvalue weighted by atomic mass is 9.64. The van der Waals surface area contributed by atoms with Gasteiger partial charge in [-0.25, -0.2) is 8.42 Å². The normalized spacial score (nSPS) is 69.4. The first kappa shape index (κ1) is 9.54. The Morgan fingerprint density at radius 1 is 0.941 bits per heavy atom. The van der Waals surface area contributed by atoms with Gasteiger partial charge in [-0.3, -0.25) is 0 Å². The van der Waals surface area contributed by atoms with Gasteiger partial charge in [0.2, 0.25) is 0 Å². The Morgan fingerprint density at radius 2 is 1.71 bits per heavy atom. The average Bonchev–Trinajstić information content (AvgIpc) is 2.86. The summed E-state index contributed by atoms with van der Waals surface area (Å²) in [5.41, 5.74) is 0. The molecule has 4 saturated carbocycles. The van der Waals surface area contributed by atoms with E-state index in [1.807, 2.05) is 0 Å². The minimum atomic E-state index is -2.73. The molecule has 8 atom stereocenters. The van der Waals surface area contributed by atoms with Gasteiger partial charge in [0.05, 0.1) is 14.6 Å². The summed E-state index contributed by atoms with van der Waals surface area (Å²) in [7, 11) is -2.73. The molecule has 2 heterocycles. The Hall–Kier alpha value is 0.650. The van der Waals surface area contributed by atoms with Crippen LogP contribution in [0.1, 0.15) is 6.42 Å². The van der Waals surface area contributed by atoms with Gasteiger partial charge in [-0.1, -0.05) is 0 Å². The third kappa shape index (κ3) is 0.659. The number of rotatable bonds is 0. The maximum absolute atomic E-state index is 12.6. The van der Waals surface area contributed by atoms with E-state index >= 15 is 0 Å². The molecule has 0 amide bonds. The van der Waals surface area contributed by atoms with Gasteiger partial charge in [0.1, 0.15) is 0 Å². The van der Waals surface area contributed by atoms with Crippen LogP contribution < -0.4 is 0 Å². The molecule has 6 rings (SSSR count). The first-order chi connectivity index (χ1) is 8.18. The molecule has 0 aromatic rings. The van der Waals surface area contributed by atoms with Crippen LogP contribution in [0.2, 0.25) is 0 Å². The van der Waals surface area contributed by atoms with Crippen LogP contribution in [0.15, 0.2) is 0 Å². The highest BCUT2D eigenvalue weighted by Crippen LogP contribution is 2.87. The van der Waals surface area contributed by atoms with E-state index in [1.54, 1.807) is 0 Å². The monoisotopic (exact) mass is 286 g/mol. The molecule has 6 aliphatic rings. The van der Waals surface area contributed by atoms with Gasteiger partial charge in [-0.2, -0.15) is 0 Å². The number of fused-ring (bicyclic) bond motifs is 4. The standard InChI is InChI=1S/C12H14O2S3/c13-17(14)10-5-3-4-6-7(5)11(17)9(6)12(8(4)10)15-1-2-16-12/h4-11H,1-3H2/t4-,5-,6+,7-,8+,9+,10-,11+/m0/s1. The van der Waals surface area contributed by atoms with Crippen LogP contribution in [0.3, 0.4) is 0 Å². The van der Waals surface area contributed by atoms with Crippen LogP contribution >= 0.6 is 23.5 Å². The maximum atomic E-state index is 12.6. The fourth-order valence-electron chi connectivity index (χ4n) is 6.86. The molecular weight excluding hydrogens is 272 g/mol. The first-order valence-corrected chi connectivity index (χ1v) is 10.3. The highest BCUT2D eigenvalue weighted by Gasteiger charge is 2.90. The largest absolute Gasteiger partial charge is 0.228 e. The van der Waals surface area contributed by atoms with Crippen molar-refractivity contribution in [2.45, 2.75) is 21.0 Å². The summed E-state index contributed by atoms with van der Waals surface area (Å²) in [5, 5.41) is 0.194. The van der Waals surface area contributed by atoms with Crippen molar-refractivity contribution in [2.75, 3.05) is 11.5 Å². The van der Waals surface area contributed by atoms with Crippen LogP contribution in [0.25, 0.3) is 0 Å². The van der Waals surface area contributed by atoms with E-state index in [0.717, 1.165) is 11.8 Å². The van der Waals surface area contributed by atoms with E-state index in [9.17, 15) is 8.42 Å². The lowest BCUT2D eigenvalue weighted by Gasteiger charge is -2.50. The maximum Gasteiger partial charge on any atom is 0.157 e. The summed E-state index contributed by atoms with van der Waals surface area (Å²) in [6, 6.07) is 0. The molecule has 5 heteroatoms. The van der Waals surface area contributed by atoms with E-state index in [4.69, 9.17) is 0 Å². The van der Waals surface area contributed by atoms with Gasteiger partial charge in [0.15, 0.2) is 9.84 Å². The Balaban J connectivity index is 1.69. The highest BCUT2D eigenvalue weighted by atomic mass is 32.2. The van der Waals surface area contributed by atoms with Gasteiger partial charge in [-0.15, -0.1) is 23.5 Å². The Morgan fingerprint density at radius 3 is 2.47 bits per heavy atom. The van der Waals surface area contributed by atoms with Crippen LogP contribution in [-0.4, -0.2) is 34.5 Å². The Kier molecular flexibility index (Phi) is 1.32. The highest BCUT2D eigenvalue weighted by molar-refractivity contribution is 8.21. The summed E-state index contributed by atoms with van der Waals surface area (Å²) < 4.78 is 25.6. The second-order valence-corrected chi connectivity index (χ2v) is 12.0. The number of hydrogen-bond acceptors (Lipinski definition) is 4. The van der Waals surface area contributed by atoms with Crippen LogP contribution in [0.5, 0.6) is 0 Å². The molecular formula is C12H14O2S3. The van der Waals surface area contributed by atoms with Crippen LogP contribution in [0.4, 0.5) is 0 Å². The molecule has 0 N–H and O–H groups in total. The fourth-order valence-corrected chi connectivity index (χ4v) is 15.0. The second kappa shape index (κ2) is 2.35. The van der Waals surface area contributed by atoms with Crippen molar-refractivity contribution in [3.63, 3.8) is 0 Å². The molecule has 2 aliphatic heterocycles. The Bertz CT molecular complexity index is 550. The van der Waals surface area contributed by atoms with E-state index in [2.05, 4.69) is 23.5 Å². The zero-order valence-electron chi connectivity index (χ0n) is 9.28. The minimum Gasteiger partial charge on any atom is -0.228 e. The van der Waals surface area contributed by atoms with E-state index in [-0.39, 0.29) is 10.5 Å². The van der Waals surface area contributed by atoms with Crippen molar-refractivity contribution in [1.29, 1.82) is 0 Å². The SMILES string of the molecule is O=S1(=O)[C@@H]2[C@H]3[C@@H]4C[C@H]5[C@H]3[C@H]2C2(SCCS2)[C@H]5[C@H]41. The number of sulfone groups is 1. The van der Waals surface area contributed by atoms with E-state index < -0.39 is 9.84 Å². The molecule has 0 unspecified atom stereocenters. The van der Waals surface area contributed by atoms with Crippen molar-refractivity contribution in [2.24, 2.45) is 35.5 Å². The van der Waals surface area contributed by atoms with Crippen LogP contribution in [-0.2, 0) is 9.84 Å². The average molecular weight is 286 g/mol. The molecule has 4 aliphatic carbocycles. The van der Waals surface area contributed by atoms with Crippen molar-refractivity contribution in [3.8, 4) is 0 Å². The quantitative estimate of drug-likeness (QED) is 0.675. The molecule has 0 radical (unpaired) electrons. The third-order valence-corrected chi connectivity index (χ3v) is 13.3. The minimum absolute atomic E-state index is 0.0931. The molecule has 0 aromatic heterocycles. The van der Waals surface area contributed by atoms with Gasteiger partial charge in [-0.05, 0) is 30.1 Å². The fraction of sp³-hybridized carbons (Fsp3) is 1.00. The summed E-state index contributed by atoms with van der Waals surface area (Å²) >= 11 is 4.28. The van der Waals surface area contributed by atoms with E-state index in [0.29, 0.717) is 27.8 Å². The zero-order valence-corrected chi connectivity index (χ0v) is 11.7. The third-order valence-electron chi connectivity index (χ3n) is 6.79.